The van der Waals surface area contributed by atoms with Crippen LogP contribution >= 0.6 is 0 Å². The normalized spacial score (nSPS) is 14.0. The van der Waals surface area contributed by atoms with Crippen LogP contribution in [0, 0.1) is 12.7 Å². The number of ether oxygens (including phenoxy) is 1. The van der Waals surface area contributed by atoms with Gasteiger partial charge in [-0.2, -0.15) is 0 Å². The van der Waals surface area contributed by atoms with E-state index in [1.165, 1.54) is 30.3 Å². The van der Waals surface area contributed by atoms with Gasteiger partial charge in [0.15, 0.2) is 0 Å². The molecule has 0 aromatic heterocycles. The predicted molar refractivity (Wildman–Crippen MR) is 123 cm³/mol. The first-order valence-corrected chi connectivity index (χ1v) is 12.1. The van der Waals surface area contributed by atoms with Crippen molar-refractivity contribution < 1.29 is 31.9 Å². The second-order valence-electron chi connectivity index (χ2n) is 8.01. The van der Waals surface area contributed by atoms with Crippen molar-refractivity contribution in [1.82, 2.24) is 9.62 Å². The average Bonchev–Trinajstić information content (AvgIpc) is 3.07. The van der Waals surface area contributed by atoms with Crippen molar-refractivity contribution in [1.29, 1.82) is 0 Å². The highest BCUT2D eigenvalue weighted by atomic mass is 32.2. The molecule has 0 aliphatic carbocycles. The Bertz CT molecular complexity index is 1400. The molecule has 4 rings (SSSR count). The number of hydrogen-bond acceptors (Lipinski definition) is 6. The number of Topliss-reactive ketones (excluding diaryl/α,β-unsaturated/α-hetero) is 1. The van der Waals surface area contributed by atoms with Gasteiger partial charge in [0, 0.05) is 6.54 Å². The highest BCUT2D eigenvalue weighted by molar-refractivity contribution is 7.89. The number of halogens is 1. The number of imide groups is 1. The van der Waals surface area contributed by atoms with Gasteiger partial charge in [-0.25, -0.2) is 17.5 Å². The molecule has 1 aliphatic rings. The Morgan fingerprint density at radius 1 is 0.914 bits per heavy atom. The van der Waals surface area contributed by atoms with E-state index in [1.54, 1.807) is 43.3 Å². The van der Waals surface area contributed by atoms with Crippen LogP contribution in [0.1, 0.15) is 23.1 Å². The van der Waals surface area contributed by atoms with Crippen LogP contribution in [-0.4, -0.2) is 30.9 Å². The van der Waals surface area contributed by atoms with Crippen molar-refractivity contribution in [2.45, 2.75) is 31.3 Å². The van der Waals surface area contributed by atoms with Crippen molar-refractivity contribution in [3.63, 3.8) is 0 Å². The van der Waals surface area contributed by atoms with Crippen LogP contribution in [0.4, 0.5) is 4.39 Å². The number of rotatable bonds is 8. The summed E-state index contributed by atoms with van der Waals surface area (Å²) in [5.41, 5.74) is 1.58. The number of nitrogens with zero attached hydrogens (tertiary/aromatic N) is 1. The minimum atomic E-state index is -3.92. The molecular weight excluding hydrogens is 475 g/mol. The first kappa shape index (κ1) is 24.2. The standard InChI is InChI=1S/C25H21FN2O6S/c1-16-2-3-18(15-28-24(30)13-22(29)25(28)31)12-23(16)35(32,33)27-14-17-4-8-20(9-5-17)34-21-10-6-19(26)7-11-21/h2-12,27H,13-15H2,1H3. The molecule has 2 amide bonds. The molecule has 1 heterocycles. The summed E-state index contributed by atoms with van der Waals surface area (Å²) >= 11 is 0. The fraction of sp³-hybridized carbons (Fsp3) is 0.160. The lowest BCUT2D eigenvalue weighted by Gasteiger charge is -2.15. The number of nitrogens with one attached hydrogen (secondary N) is 1. The van der Waals surface area contributed by atoms with Crippen LogP contribution in [0.5, 0.6) is 11.5 Å². The lowest BCUT2D eigenvalue weighted by molar-refractivity contribution is -0.143. The fourth-order valence-corrected chi connectivity index (χ4v) is 4.83. The number of likely N-dealkylation sites (tertiary alicyclic amines) is 1. The van der Waals surface area contributed by atoms with Crippen molar-refractivity contribution in [3.05, 3.63) is 89.2 Å². The molecule has 0 atom stereocenters. The molecule has 1 aliphatic heterocycles. The molecule has 1 saturated heterocycles. The summed E-state index contributed by atoms with van der Waals surface area (Å²) in [6.07, 6.45) is -0.467. The number of benzene rings is 3. The molecule has 0 radical (unpaired) electrons. The van der Waals surface area contributed by atoms with Crippen LogP contribution in [0.2, 0.25) is 0 Å². The Morgan fingerprint density at radius 3 is 2.11 bits per heavy atom. The van der Waals surface area contributed by atoms with Gasteiger partial charge in [0.2, 0.25) is 21.7 Å². The summed E-state index contributed by atoms with van der Waals surface area (Å²) in [5.74, 6) is -1.65. The highest BCUT2D eigenvalue weighted by Crippen LogP contribution is 2.23. The molecule has 1 N–H and O–H groups in total. The van der Waals surface area contributed by atoms with E-state index in [0.29, 0.717) is 28.2 Å². The maximum absolute atomic E-state index is 13.0. The average molecular weight is 497 g/mol. The molecule has 3 aromatic rings. The summed E-state index contributed by atoms with van der Waals surface area (Å²) in [6.45, 7) is 1.47. The maximum Gasteiger partial charge on any atom is 0.297 e. The van der Waals surface area contributed by atoms with E-state index >= 15 is 0 Å². The Morgan fingerprint density at radius 2 is 1.51 bits per heavy atom. The van der Waals surface area contributed by atoms with Gasteiger partial charge in [-0.15, -0.1) is 0 Å². The number of carbonyl (C=O) groups excluding carboxylic acids is 3. The Hall–Kier alpha value is -3.89. The highest BCUT2D eigenvalue weighted by Gasteiger charge is 2.37. The Balaban J connectivity index is 1.43. The van der Waals surface area contributed by atoms with Gasteiger partial charge in [-0.3, -0.25) is 19.3 Å². The SMILES string of the molecule is Cc1ccc(CN2C(=O)CC(=O)C2=O)cc1S(=O)(=O)NCc1ccc(Oc2ccc(F)cc2)cc1. The zero-order valence-corrected chi connectivity index (χ0v) is 19.5. The number of carbonyl (C=O) groups is 3. The number of aryl methyl sites for hydroxylation is 1. The molecule has 3 aromatic carbocycles. The monoisotopic (exact) mass is 496 g/mol. The third-order valence-electron chi connectivity index (χ3n) is 5.42. The minimum absolute atomic E-state index is 0.0108. The van der Waals surface area contributed by atoms with Crippen LogP contribution in [-0.2, 0) is 37.5 Å². The van der Waals surface area contributed by atoms with Crippen LogP contribution in [0.15, 0.2) is 71.6 Å². The smallest absolute Gasteiger partial charge is 0.297 e. The molecule has 180 valence electrons. The molecule has 8 nitrogen and oxygen atoms in total. The Labute approximate surface area is 201 Å². The molecule has 0 saturated carbocycles. The summed E-state index contributed by atoms with van der Waals surface area (Å²) in [4.78, 5) is 36.1. The fourth-order valence-electron chi connectivity index (χ4n) is 3.52. The Kier molecular flexibility index (Phi) is 6.77. The summed E-state index contributed by atoms with van der Waals surface area (Å²) in [7, 11) is -3.92. The third kappa shape index (κ3) is 5.61. The quantitative estimate of drug-likeness (QED) is 0.291. The maximum atomic E-state index is 13.0. The topological polar surface area (TPSA) is 110 Å². The number of hydrogen-bond donors (Lipinski definition) is 1. The van der Waals surface area contributed by atoms with Gasteiger partial charge in [-0.1, -0.05) is 24.3 Å². The largest absolute Gasteiger partial charge is 0.457 e. The second-order valence-corrected chi connectivity index (χ2v) is 9.74. The van der Waals surface area contributed by atoms with E-state index in [4.69, 9.17) is 4.74 Å². The van der Waals surface area contributed by atoms with Crippen molar-refractivity contribution >= 4 is 27.6 Å². The molecule has 0 unspecified atom stereocenters. The molecule has 35 heavy (non-hydrogen) atoms. The summed E-state index contributed by atoms with van der Waals surface area (Å²) in [6, 6.07) is 16.9. The van der Waals surface area contributed by atoms with E-state index < -0.39 is 34.0 Å². The molecule has 10 heteroatoms. The summed E-state index contributed by atoms with van der Waals surface area (Å²) in [5, 5.41) is 0. The van der Waals surface area contributed by atoms with Crippen LogP contribution < -0.4 is 9.46 Å². The summed E-state index contributed by atoms with van der Waals surface area (Å²) < 4.78 is 47.1. The molecule has 1 fully saturated rings. The third-order valence-corrected chi connectivity index (χ3v) is 6.96. The molecular formula is C25H21FN2O6S. The van der Waals surface area contributed by atoms with E-state index in [9.17, 15) is 27.2 Å². The number of amides is 2. The van der Waals surface area contributed by atoms with Crippen molar-refractivity contribution in [2.75, 3.05) is 0 Å². The van der Waals surface area contributed by atoms with Crippen LogP contribution in [0.25, 0.3) is 0 Å². The van der Waals surface area contributed by atoms with Crippen molar-refractivity contribution in [3.8, 4) is 11.5 Å². The number of ketones is 1. The second kappa shape index (κ2) is 9.77. The zero-order valence-electron chi connectivity index (χ0n) is 18.7. The van der Waals surface area contributed by atoms with E-state index in [-0.39, 0.29) is 23.8 Å². The molecule has 0 spiro atoms. The van der Waals surface area contributed by atoms with E-state index in [1.807, 2.05) is 0 Å². The van der Waals surface area contributed by atoms with Crippen LogP contribution in [0.3, 0.4) is 0 Å². The van der Waals surface area contributed by atoms with Gasteiger partial charge in [-0.05, 0) is 66.1 Å². The van der Waals surface area contributed by atoms with Gasteiger partial charge in [0.05, 0.1) is 17.9 Å². The minimum Gasteiger partial charge on any atom is -0.457 e. The van der Waals surface area contributed by atoms with Gasteiger partial charge < -0.3 is 4.74 Å². The van der Waals surface area contributed by atoms with Crippen molar-refractivity contribution in [2.24, 2.45) is 0 Å². The lowest BCUT2D eigenvalue weighted by atomic mass is 10.1. The first-order chi connectivity index (χ1) is 16.6. The van der Waals surface area contributed by atoms with Gasteiger partial charge in [0.1, 0.15) is 17.3 Å². The van der Waals surface area contributed by atoms with E-state index in [2.05, 4.69) is 4.72 Å². The van der Waals surface area contributed by atoms with Gasteiger partial charge >= 0.3 is 0 Å². The predicted octanol–water partition coefficient (Wildman–Crippen LogP) is 3.23. The molecule has 0 bridgehead atoms. The van der Waals surface area contributed by atoms with Gasteiger partial charge in [0.25, 0.3) is 5.91 Å². The number of sulfonamides is 1. The zero-order chi connectivity index (χ0) is 25.2. The van der Waals surface area contributed by atoms with E-state index in [0.717, 1.165) is 4.90 Å². The first-order valence-electron chi connectivity index (χ1n) is 10.6. The lowest BCUT2D eigenvalue weighted by Crippen LogP contribution is -2.30.